The van der Waals surface area contributed by atoms with Crippen LogP contribution in [0.3, 0.4) is 0 Å². The van der Waals surface area contributed by atoms with Crippen LogP contribution < -0.4 is 11.1 Å². The molecule has 7 heteroatoms. The lowest BCUT2D eigenvalue weighted by Gasteiger charge is -2.11. The fraction of sp³-hybridized carbons (Fsp3) is 0. The molecule has 2 rings (SSSR count). The smallest absolute Gasteiger partial charge is 0.257 e. The third kappa shape index (κ3) is 3.55. The fourth-order valence-corrected chi connectivity index (χ4v) is 3.75. The molecular weight excluding hydrogens is 475 g/mol. The summed E-state index contributed by atoms with van der Waals surface area (Å²) >= 11 is 16.1. The van der Waals surface area contributed by atoms with Crippen LogP contribution in [0.4, 0.5) is 11.4 Å². The highest BCUT2D eigenvalue weighted by molar-refractivity contribution is 9.11. The number of hydrogen-bond donors (Lipinski definition) is 2. The highest BCUT2D eigenvalue weighted by Gasteiger charge is 2.14. The van der Waals surface area contributed by atoms with E-state index >= 15 is 0 Å². The number of carbonyl (C=O) groups excluding carboxylic acids is 1. The van der Waals surface area contributed by atoms with Gasteiger partial charge in [-0.2, -0.15) is 0 Å². The molecule has 2 aromatic carbocycles. The van der Waals surface area contributed by atoms with Crippen LogP contribution in [0.1, 0.15) is 10.4 Å². The van der Waals surface area contributed by atoms with Gasteiger partial charge >= 0.3 is 0 Å². The lowest BCUT2D eigenvalue weighted by Crippen LogP contribution is -2.13. The molecule has 0 fully saturated rings. The summed E-state index contributed by atoms with van der Waals surface area (Å²) in [6.07, 6.45) is 0. The van der Waals surface area contributed by atoms with Crippen molar-refractivity contribution in [2.45, 2.75) is 0 Å². The molecule has 104 valence electrons. The van der Waals surface area contributed by atoms with Crippen molar-refractivity contribution in [3.8, 4) is 0 Å². The number of benzene rings is 2. The van der Waals surface area contributed by atoms with Gasteiger partial charge in [-0.25, -0.2) is 0 Å². The third-order valence-electron chi connectivity index (χ3n) is 2.48. The highest BCUT2D eigenvalue weighted by Crippen LogP contribution is 2.34. The maximum atomic E-state index is 12.3. The first kappa shape index (κ1) is 15.8. The predicted molar refractivity (Wildman–Crippen MR) is 93.4 cm³/mol. The predicted octanol–water partition coefficient (Wildman–Crippen LogP) is 5.46. The Kier molecular flexibility index (Phi) is 5.12. The van der Waals surface area contributed by atoms with E-state index in [1.54, 1.807) is 30.3 Å². The quantitative estimate of drug-likeness (QED) is 0.558. The Balaban J connectivity index is 2.33. The van der Waals surface area contributed by atoms with Crippen LogP contribution in [-0.2, 0) is 0 Å². The lowest BCUT2D eigenvalue weighted by molar-refractivity contribution is 0.102. The summed E-state index contributed by atoms with van der Waals surface area (Å²) in [5.74, 6) is -0.298. The van der Waals surface area contributed by atoms with E-state index in [1.165, 1.54) is 0 Å². The highest BCUT2D eigenvalue weighted by atomic mass is 79.9. The molecule has 0 heterocycles. The number of carbonyl (C=O) groups is 1. The van der Waals surface area contributed by atoms with Gasteiger partial charge in [-0.1, -0.05) is 27.5 Å². The molecule has 0 aliphatic rings. The number of nitrogens with two attached hydrogens (primary N) is 1. The summed E-state index contributed by atoms with van der Waals surface area (Å²) in [5.41, 5.74) is 7.29. The summed E-state index contributed by atoms with van der Waals surface area (Å²) < 4.78 is 2.19. The molecule has 0 aromatic heterocycles. The molecule has 0 radical (unpaired) electrons. The van der Waals surface area contributed by atoms with Crippen molar-refractivity contribution in [2.75, 3.05) is 11.1 Å². The Morgan fingerprint density at radius 3 is 2.25 bits per heavy atom. The second kappa shape index (κ2) is 6.47. The largest absolute Gasteiger partial charge is 0.399 e. The molecule has 2 aromatic rings. The maximum absolute atomic E-state index is 12.3. The van der Waals surface area contributed by atoms with Gasteiger partial charge in [0.2, 0.25) is 0 Å². The van der Waals surface area contributed by atoms with Crippen molar-refractivity contribution in [1.82, 2.24) is 0 Å². The van der Waals surface area contributed by atoms with E-state index in [1.807, 2.05) is 0 Å². The maximum Gasteiger partial charge on any atom is 0.257 e. The van der Waals surface area contributed by atoms with Gasteiger partial charge in [-0.15, -0.1) is 0 Å². The average molecular weight is 483 g/mol. The topological polar surface area (TPSA) is 55.1 Å². The number of rotatable bonds is 2. The Hall–Kier alpha value is -0.560. The normalized spacial score (nSPS) is 10.4. The van der Waals surface area contributed by atoms with Crippen molar-refractivity contribution < 1.29 is 4.79 Å². The zero-order valence-electron chi connectivity index (χ0n) is 9.88. The lowest BCUT2D eigenvalue weighted by atomic mass is 10.2. The fourth-order valence-electron chi connectivity index (χ4n) is 1.57. The van der Waals surface area contributed by atoms with Gasteiger partial charge < -0.3 is 11.1 Å². The van der Waals surface area contributed by atoms with Gasteiger partial charge in [-0.05, 0) is 62.2 Å². The summed E-state index contributed by atoms with van der Waals surface area (Å²) in [4.78, 5) is 12.3. The number of nitrogen functional groups attached to an aromatic ring is 1. The van der Waals surface area contributed by atoms with Crippen molar-refractivity contribution in [3.05, 3.63) is 54.3 Å². The van der Waals surface area contributed by atoms with Gasteiger partial charge in [0.1, 0.15) is 0 Å². The Bertz CT molecular complexity index is 668. The summed E-state index contributed by atoms with van der Waals surface area (Å²) in [6.45, 7) is 0. The van der Waals surface area contributed by atoms with Crippen LogP contribution in [0.5, 0.6) is 0 Å². The van der Waals surface area contributed by atoms with Crippen LogP contribution in [0.25, 0.3) is 0 Å². The molecule has 0 saturated heterocycles. The third-order valence-corrected chi connectivity index (χ3v) is 4.54. The van der Waals surface area contributed by atoms with E-state index in [2.05, 4.69) is 53.1 Å². The zero-order valence-corrected chi connectivity index (χ0v) is 15.4. The summed E-state index contributed by atoms with van der Waals surface area (Å²) in [5, 5.41) is 3.17. The van der Waals surface area contributed by atoms with Gasteiger partial charge in [-0.3, -0.25) is 4.79 Å². The number of anilines is 2. The zero-order chi connectivity index (χ0) is 14.9. The molecule has 0 atom stereocenters. The number of hydrogen-bond acceptors (Lipinski definition) is 2. The minimum atomic E-state index is -0.298. The van der Waals surface area contributed by atoms with E-state index in [0.29, 0.717) is 30.9 Å². The molecule has 1 amide bonds. The minimum absolute atomic E-state index is 0.298. The Morgan fingerprint density at radius 1 is 1.10 bits per heavy atom. The Morgan fingerprint density at radius 2 is 1.70 bits per heavy atom. The first-order valence-corrected chi connectivity index (χ1v) is 8.15. The first-order chi connectivity index (χ1) is 9.38. The van der Waals surface area contributed by atoms with Crippen LogP contribution >= 0.6 is 59.4 Å². The average Bonchev–Trinajstić information content (AvgIpc) is 2.33. The molecule has 0 unspecified atom stereocenters. The minimum Gasteiger partial charge on any atom is -0.399 e. The van der Waals surface area contributed by atoms with E-state index < -0.39 is 0 Å². The van der Waals surface area contributed by atoms with Gasteiger partial charge in [0.05, 0.1) is 16.3 Å². The van der Waals surface area contributed by atoms with Crippen molar-refractivity contribution >= 4 is 76.7 Å². The van der Waals surface area contributed by atoms with E-state index in [9.17, 15) is 4.79 Å². The molecule has 3 N–H and O–H groups in total. The van der Waals surface area contributed by atoms with Gasteiger partial charge in [0, 0.05) is 19.1 Å². The molecule has 0 spiro atoms. The van der Waals surface area contributed by atoms with Crippen molar-refractivity contribution in [1.29, 1.82) is 0 Å². The summed E-state index contributed by atoms with van der Waals surface area (Å²) in [6, 6.07) is 8.51. The number of amides is 1. The number of halogens is 4. The van der Waals surface area contributed by atoms with E-state index in [-0.39, 0.29) is 5.91 Å². The van der Waals surface area contributed by atoms with Crippen LogP contribution in [0.15, 0.2) is 43.7 Å². The van der Waals surface area contributed by atoms with Gasteiger partial charge in [0.15, 0.2) is 0 Å². The van der Waals surface area contributed by atoms with E-state index in [4.69, 9.17) is 17.3 Å². The second-order valence-corrected chi connectivity index (χ2v) is 6.97. The van der Waals surface area contributed by atoms with Gasteiger partial charge in [0.25, 0.3) is 5.91 Å². The molecular formula is C13H8Br3ClN2O. The van der Waals surface area contributed by atoms with Crippen molar-refractivity contribution in [3.63, 3.8) is 0 Å². The Labute approximate surface area is 146 Å². The first-order valence-electron chi connectivity index (χ1n) is 5.39. The molecule has 0 saturated carbocycles. The molecule has 0 bridgehead atoms. The monoisotopic (exact) mass is 480 g/mol. The molecule has 3 nitrogen and oxygen atoms in total. The SMILES string of the molecule is Nc1cc(Br)c(NC(=O)c2ccc(Br)cc2Cl)c(Br)c1. The molecule has 0 aliphatic carbocycles. The standard InChI is InChI=1S/C13H8Br3ClN2O/c14-6-1-2-8(11(17)3-6)13(20)19-12-9(15)4-7(18)5-10(12)16/h1-5H,18H2,(H,19,20). The molecule has 0 aliphatic heterocycles. The van der Waals surface area contributed by atoms with Crippen molar-refractivity contribution in [2.24, 2.45) is 0 Å². The second-order valence-electron chi connectivity index (χ2n) is 3.94. The number of nitrogens with one attached hydrogen (secondary N) is 1. The van der Waals surface area contributed by atoms with E-state index in [0.717, 1.165) is 4.47 Å². The van der Waals surface area contributed by atoms with Crippen LogP contribution in [-0.4, -0.2) is 5.91 Å². The molecule has 20 heavy (non-hydrogen) atoms. The van der Waals surface area contributed by atoms with Crippen LogP contribution in [0.2, 0.25) is 5.02 Å². The van der Waals surface area contributed by atoms with Crippen LogP contribution in [0, 0.1) is 0 Å². The summed E-state index contributed by atoms with van der Waals surface area (Å²) in [7, 11) is 0.